The van der Waals surface area contributed by atoms with Crippen LogP contribution in [0, 0.1) is 12.8 Å². The van der Waals surface area contributed by atoms with Crippen LogP contribution in [0.15, 0.2) is 30.5 Å². The summed E-state index contributed by atoms with van der Waals surface area (Å²) in [7, 11) is 0. The number of amides is 1. The molecule has 2 aliphatic rings. The molecule has 0 radical (unpaired) electrons. The molecule has 0 bridgehead atoms. The molecule has 1 aromatic carbocycles. The average Bonchev–Trinajstić information content (AvgIpc) is 2.53. The number of benzene rings is 1. The first-order valence-electron chi connectivity index (χ1n) is 9.21. The Labute approximate surface area is 150 Å². The maximum absolute atomic E-state index is 13.0. The molecule has 1 aromatic rings. The van der Waals surface area contributed by atoms with E-state index in [0.29, 0.717) is 12.5 Å². The normalized spacial score (nSPS) is 25.5. The number of ether oxygens (including phenoxy) is 2. The molecule has 1 saturated heterocycles. The first-order chi connectivity index (χ1) is 11.7. The molecule has 3 rings (SSSR count). The fourth-order valence-corrected chi connectivity index (χ4v) is 3.89. The number of rotatable bonds is 1. The van der Waals surface area contributed by atoms with Crippen LogP contribution in [0.4, 0.5) is 4.79 Å². The topological polar surface area (TPSA) is 38.8 Å². The van der Waals surface area contributed by atoms with Gasteiger partial charge in [-0.1, -0.05) is 25.5 Å². The molecule has 136 valence electrons. The van der Waals surface area contributed by atoms with Crippen LogP contribution in [0.1, 0.15) is 58.1 Å². The highest BCUT2D eigenvalue weighted by atomic mass is 16.6. The fourth-order valence-electron chi connectivity index (χ4n) is 3.89. The van der Waals surface area contributed by atoms with Gasteiger partial charge in [0.15, 0.2) is 0 Å². The number of aryl methyl sites for hydroxylation is 1. The second-order valence-corrected chi connectivity index (χ2v) is 8.24. The van der Waals surface area contributed by atoms with Crippen molar-refractivity contribution in [2.45, 2.75) is 65.0 Å². The third-order valence-electron chi connectivity index (χ3n) is 5.18. The number of carbonyl (C=O) groups excluding carboxylic acids is 1. The first kappa shape index (κ1) is 17.8. The molecular weight excluding hydrogens is 314 g/mol. The molecule has 1 unspecified atom stereocenters. The van der Waals surface area contributed by atoms with Gasteiger partial charge in [0.05, 0.1) is 11.8 Å². The molecule has 1 spiro atoms. The molecule has 4 nitrogen and oxygen atoms in total. The molecule has 1 amide bonds. The van der Waals surface area contributed by atoms with Crippen molar-refractivity contribution in [2.75, 3.05) is 6.54 Å². The summed E-state index contributed by atoms with van der Waals surface area (Å²) in [5.74, 6) is 1.42. The van der Waals surface area contributed by atoms with Crippen LogP contribution in [-0.2, 0) is 10.3 Å². The van der Waals surface area contributed by atoms with Crippen molar-refractivity contribution in [1.29, 1.82) is 0 Å². The molecule has 2 aliphatic heterocycles. The maximum Gasteiger partial charge on any atom is 0.411 e. The van der Waals surface area contributed by atoms with Crippen LogP contribution in [0.2, 0.25) is 0 Å². The van der Waals surface area contributed by atoms with Crippen molar-refractivity contribution in [3.63, 3.8) is 0 Å². The SMILES string of the molecule is CCC1CCN(C(=O)OC(C)(C)C)[C@@]2(C=COc3cc(C)ccc32)C1. The van der Waals surface area contributed by atoms with E-state index in [1.54, 1.807) is 6.26 Å². The molecule has 0 saturated carbocycles. The largest absolute Gasteiger partial charge is 0.465 e. The van der Waals surface area contributed by atoms with Gasteiger partial charge in [0.25, 0.3) is 0 Å². The predicted molar refractivity (Wildman–Crippen MR) is 98.6 cm³/mol. The zero-order valence-corrected chi connectivity index (χ0v) is 16.0. The highest BCUT2D eigenvalue weighted by Crippen LogP contribution is 2.48. The number of hydrogen-bond acceptors (Lipinski definition) is 3. The summed E-state index contributed by atoms with van der Waals surface area (Å²) in [6.45, 7) is 10.7. The minimum atomic E-state index is -0.509. The summed E-state index contributed by atoms with van der Waals surface area (Å²) >= 11 is 0. The molecular formula is C21H29NO3. The number of carbonyl (C=O) groups is 1. The molecule has 0 N–H and O–H groups in total. The monoisotopic (exact) mass is 343 g/mol. The Hall–Kier alpha value is -1.97. The summed E-state index contributed by atoms with van der Waals surface area (Å²) < 4.78 is 11.5. The van der Waals surface area contributed by atoms with Crippen LogP contribution in [0.5, 0.6) is 5.75 Å². The first-order valence-corrected chi connectivity index (χ1v) is 9.21. The van der Waals surface area contributed by atoms with E-state index >= 15 is 0 Å². The Balaban J connectivity index is 2.05. The maximum atomic E-state index is 13.0. The van der Waals surface area contributed by atoms with E-state index in [1.807, 2.05) is 37.8 Å². The van der Waals surface area contributed by atoms with Crippen molar-refractivity contribution in [1.82, 2.24) is 4.90 Å². The van der Waals surface area contributed by atoms with Gasteiger partial charge in [0, 0.05) is 12.1 Å². The van der Waals surface area contributed by atoms with E-state index in [1.165, 1.54) is 0 Å². The lowest BCUT2D eigenvalue weighted by molar-refractivity contribution is -0.0154. The molecule has 1 fully saturated rings. The Morgan fingerprint density at radius 2 is 2.16 bits per heavy atom. The summed E-state index contributed by atoms with van der Waals surface area (Å²) in [6, 6.07) is 6.24. The Kier molecular flexibility index (Phi) is 4.56. The van der Waals surface area contributed by atoms with Crippen molar-refractivity contribution in [3.05, 3.63) is 41.7 Å². The Bertz CT molecular complexity index is 689. The van der Waals surface area contributed by atoms with Crippen LogP contribution in [0.3, 0.4) is 0 Å². The van der Waals surface area contributed by atoms with Crippen molar-refractivity contribution >= 4 is 6.09 Å². The summed E-state index contributed by atoms with van der Waals surface area (Å²) in [6.07, 6.45) is 6.54. The van der Waals surface area contributed by atoms with Crippen LogP contribution in [0.25, 0.3) is 0 Å². The van der Waals surface area contributed by atoms with Gasteiger partial charge in [-0.25, -0.2) is 4.79 Å². The smallest absolute Gasteiger partial charge is 0.411 e. The lowest BCUT2D eigenvalue weighted by Crippen LogP contribution is -2.55. The van der Waals surface area contributed by atoms with Gasteiger partial charge in [-0.05, 0) is 64.2 Å². The van der Waals surface area contributed by atoms with Gasteiger partial charge in [-0.2, -0.15) is 0 Å². The zero-order chi connectivity index (χ0) is 18.2. The van der Waals surface area contributed by atoms with Crippen molar-refractivity contribution in [3.8, 4) is 5.75 Å². The van der Waals surface area contributed by atoms with Gasteiger partial charge < -0.3 is 9.47 Å². The summed E-state index contributed by atoms with van der Waals surface area (Å²) in [5, 5.41) is 0. The quantitative estimate of drug-likeness (QED) is 0.707. The van der Waals surface area contributed by atoms with Gasteiger partial charge in [-0.3, -0.25) is 4.90 Å². The number of fused-ring (bicyclic) bond motifs is 2. The molecule has 2 atom stereocenters. The van der Waals surface area contributed by atoms with Crippen molar-refractivity contribution in [2.24, 2.45) is 5.92 Å². The standard InChI is InChI=1S/C21H29NO3/c1-6-16-9-11-22(19(23)25-20(3,4)5)21(14-16)10-12-24-18-13-15(2)7-8-17(18)21/h7-8,10,12-13,16H,6,9,11,14H2,1-5H3/t16?,21-/m0/s1. The third kappa shape index (κ3) is 3.39. The van der Waals surface area contributed by atoms with Crippen molar-refractivity contribution < 1.29 is 14.3 Å². The number of nitrogens with zero attached hydrogens (tertiary/aromatic N) is 1. The number of piperidine rings is 1. The lowest BCUT2D eigenvalue weighted by Gasteiger charge is -2.49. The average molecular weight is 343 g/mol. The van der Waals surface area contributed by atoms with Gasteiger partial charge in [-0.15, -0.1) is 0 Å². The molecule has 0 aliphatic carbocycles. The molecule has 2 heterocycles. The van der Waals surface area contributed by atoms with Gasteiger partial charge in [0.1, 0.15) is 11.4 Å². The van der Waals surface area contributed by atoms with Crippen LogP contribution in [-0.4, -0.2) is 23.1 Å². The van der Waals surface area contributed by atoms with E-state index in [2.05, 4.69) is 26.0 Å². The van der Waals surface area contributed by atoms with Crippen LogP contribution >= 0.6 is 0 Å². The van der Waals surface area contributed by atoms with E-state index < -0.39 is 11.1 Å². The second kappa shape index (κ2) is 6.40. The predicted octanol–water partition coefficient (Wildman–Crippen LogP) is 5.15. The minimum Gasteiger partial charge on any atom is -0.465 e. The molecule has 25 heavy (non-hydrogen) atoms. The fraction of sp³-hybridized carbons (Fsp3) is 0.571. The third-order valence-corrected chi connectivity index (χ3v) is 5.18. The molecule has 4 heteroatoms. The summed E-state index contributed by atoms with van der Waals surface area (Å²) in [5.41, 5.74) is 1.22. The highest BCUT2D eigenvalue weighted by molar-refractivity contribution is 5.71. The van der Waals surface area contributed by atoms with Gasteiger partial charge in [0.2, 0.25) is 0 Å². The summed E-state index contributed by atoms with van der Waals surface area (Å²) in [4.78, 5) is 14.9. The Morgan fingerprint density at radius 1 is 1.40 bits per heavy atom. The zero-order valence-electron chi connectivity index (χ0n) is 16.0. The second-order valence-electron chi connectivity index (χ2n) is 8.24. The number of likely N-dealkylation sites (tertiary alicyclic amines) is 1. The van der Waals surface area contributed by atoms with E-state index in [-0.39, 0.29) is 6.09 Å². The Morgan fingerprint density at radius 3 is 2.84 bits per heavy atom. The lowest BCUT2D eigenvalue weighted by atomic mass is 9.74. The van der Waals surface area contributed by atoms with E-state index in [0.717, 1.165) is 36.1 Å². The highest BCUT2D eigenvalue weighted by Gasteiger charge is 2.48. The van der Waals surface area contributed by atoms with Gasteiger partial charge >= 0.3 is 6.09 Å². The van der Waals surface area contributed by atoms with E-state index in [4.69, 9.17) is 9.47 Å². The van der Waals surface area contributed by atoms with E-state index in [9.17, 15) is 4.79 Å². The van der Waals surface area contributed by atoms with Crippen LogP contribution < -0.4 is 4.74 Å². The number of hydrogen-bond donors (Lipinski definition) is 0. The molecule has 0 aromatic heterocycles. The minimum absolute atomic E-state index is 0.250.